The predicted molar refractivity (Wildman–Crippen MR) is 133 cm³/mol. The maximum Gasteiger partial charge on any atom is 0.236 e. The molecule has 7 nitrogen and oxygen atoms in total. The maximum atomic E-state index is 13.9. The second-order valence-electron chi connectivity index (χ2n) is 9.54. The quantitative estimate of drug-likeness (QED) is 0.564. The normalized spacial score (nSPS) is 17.1. The molecule has 0 unspecified atom stereocenters. The summed E-state index contributed by atoms with van der Waals surface area (Å²) >= 11 is 0. The van der Waals surface area contributed by atoms with Crippen LogP contribution in [0.15, 0.2) is 30.6 Å². The third-order valence-corrected chi connectivity index (χ3v) is 7.23. The van der Waals surface area contributed by atoms with Gasteiger partial charge in [0.15, 0.2) is 0 Å². The monoisotopic (exact) mass is 468 g/mol. The lowest BCUT2D eigenvalue weighted by Gasteiger charge is -2.43. The first kappa shape index (κ1) is 24.5. The Bertz CT molecular complexity index is 956. The first-order valence-electron chi connectivity index (χ1n) is 12.5. The Balaban J connectivity index is 1.24. The number of aromatic nitrogens is 2. The van der Waals surface area contributed by atoms with Gasteiger partial charge in [-0.05, 0) is 45.4 Å². The second kappa shape index (κ2) is 11.2. The molecule has 0 spiro atoms. The second-order valence-corrected chi connectivity index (χ2v) is 9.54. The summed E-state index contributed by atoms with van der Waals surface area (Å²) < 4.78 is 13.9. The zero-order valence-electron chi connectivity index (χ0n) is 20.7. The smallest absolute Gasteiger partial charge is 0.236 e. The third kappa shape index (κ3) is 5.91. The topological polar surface area (TPSA) is 55.8 Å². The van der Waals surface area contributed by atoms with Crippen LogP contribution in [0.1, 0.15) is 31.7 Å². The van der Waals surface area contributed by atoms with Crippen LogP contribution in [-0.2, 0) is 4.79 Å². The van der Waals surface area contributed by atoms with Crippen molar-refractivity contribution in [2.75, 3.05) is 64.3 Å². The highest BCUT2D eigenvalue weighted by Gasteiger charge is 2.29. The van der Waals surface area contributed by atoms with Crippen LogP contribution in [-0.4, -0.2) is 96.0 Å². The van der Waals surface area contributed by atoms with Crippen molar-refractivity contribution < 1.29 is 9.18 Å². The molecule has 2 aromatic rings. The summed E-state index contributed by atoms with van der Waals surface area (Å²) in [5.74, 6) is 0.760. The van der Waals surface area contributed by atoms with Gasteiger partial charge in [0.2, 0.25) is 5.91 Å². The number of likely N-dealkylation sites (N-methyl/N-ethyl adjacent to an activating group) is 2. The molecule has 1 saturated carbocycles. The number of nitrogens with zero attached hydrogens (tertiary/aromatic N) is 6. The minimum Gasteiger partial charge on any atom is -0.354 e. The molecule has 1 aliphatic carbocycles. The fourth-order valence-electron chi connectivity index (χ4n) is 4.61. The van der Waals surface area contributed by atoms with Gasteiger partial charge in [-0.3, -0.25) is 19.6 Å². The van der Waals surface area contributed by atoms with Crippen molar-refractivity contribution in [2.45, 2.75) is 39.2 Å². The highest BCUT2D eigenvalue weighted by Crippen LogP contribution is 2.25. The number of hydrogen-bond donors (Lipinski definition) is 0. The molecule has 0 N–H and O–H groups in total. The van der Waals surface area contributed by atoms with Gasteiger partial charge in [-0.2, -0.15) is 0 Å². The van der Waals surface area contributed by atoms with Crippen LogP contribution in [0.4, 0.5) is 10.2 Å². The van der Waals surface area contributed by atoms with E-state index in [1.807, 2.05) is 18.0 Å². The number of halogens is 1. The molecule has 34 heavy (non-hydrogen) atoms. The van der Waals surface area contributed by atoms with Gasteiger partial charge in [0.05, 0.1) is 24.6 Å². The molecule has 0 atom stereocenters. The van der Waals surface area contributed by atoms with Crippen molar-refractivity contribution in [3.8, 4) is 11.3 Å². The number of hydrogen-bond acceptors (Lipinski definition) is 6. The van der Waals surface area contributed by atoms with Gasteiger partial charge in [-0.1, -0.05) is 18.6 Å². The van der Waals surface area contributed by atoms with E-state index in [9.17, 15) is 9.18 Å². The van der Waals surface area contributed by atoms with E-state index in [1.54, 1.807) is 25.4 Å². The van der Waals surface area contributed by atoms with E-state index < -0.39 is 0 Å². The van der Waals surface area contributed by atoms with Crippen molar-refractivity contribution in [3.63, 3.8) is 0 Å². The van der Waals surface area contributed by atoms with E-state index in [1.165, 1.54) is 25.3 Å². The van der Waals surface area contributed by atoms with Gasteiger partial charge in [0, 0.05) is 57.4 Å². The molecule has 0 bridgehead atoms. The zero-order chi connectivity index (χ0) is 24.1. The van der Waals surface area contributed by atoms with Crippen molar-refractivity contribution in [1.29, 1.82) is 0 Å². The molecule has 1 aromatic heterocycles. The Kier molecular flexibility index (Phi) is 8.11. The molecule has 184 valence electrons. The van der Waals surface area contributed by atoms with E-state index >= 15 is 0 Å². The van der Waals surface area contributed by atoms with Gasteiger partial charge in [-0.15, -0.1) is 0 Å². The first-order chi connectivity index (χ1) is 16.4. The number of carbonyl (C=O) groups is 1. The van der Waals surface area contributed by atoms with E-state index in [-0.39, 0.29) is 11.7 Å². The standard InChI is InChI=1S/C26H37FN6O/c1-4-31(25-18-28-24(17-29-25)21-9-8-20(2)23(27)16-21)11-10-30(3)19-26(34)33-14-12-32(13-15-33)22-6-5-7-22/h8-9,16-18,22H,4-7,10-15,19H2,1-3H3. The molecular formula is C26H37FN6O. The Morgan fingerprint density at radius 3 is 2.47 bits per heavy atom. The Hall–Kier alpha value is -2.58. The highest BCUT2D eigenvalue weighted by molar-refractivity contribution is 5.78. The fourth-order valence-corrected chi connectivity index (χ4v) is 4.61. The van der Waals surface area contributed by atoms with Crippen molar-refractivity contribution in [3.05, 3.63) is 42.0 Å². The van der Waals surface area contributed by atoms with E-state index in [2.05, 4.69) is 31.6 Å². The molecule has 0 radical (unpaired) electrons. The van der Waals surface area contributed by atoms with Crippen LogP contribution in [0.25, 0.3) is 11.3 Å². The van der Waals surface area contributed by atoms with Crippen LogP contribution in [0, 0.1) is 12.7 Å². The Morgan fingerprint density at radius 2 is 1.88 bits per heavy atom. The highest BCUT2D eigenvalue weighted by atomic mass is 19.1. The minimum absolute atomic E-state index is 0.216. The SMILES string of the molecule is CCN(CCN(C)CC(=O)N1CCN(C2CCC2)CC1)c1cnc(-c2ccc(C)c(F)c2)cn1. The largest absolute Gasteiger partial charge is 0.354 e. The lowest BCUT2D eigenvalue weighted by molar-refractivity contribution is -0.134. The number of anilines is 1. The zero-order valence-corrected chi connectivity index (χ0v) is 20.7. The molecule has 1 saturated heterocycles. The number of carbonyl (C=O) groups excluding carboxylic acids is 1. The van der Waals surface area contributed by atoms with Gasteiger partial charge in [-0.25, -0.2) is 9.37 Å². The Labute approximate surface area is 202 Å². The lowest BCUT2D eigenvalue weighted by atomic mass is 9.91. The van der Waals surface area contributed by atoms with Crippen LogP contribution in [0.3, 0.4) is 0 Å². The number of amides is 1. The van der Waals surface area contributed by atoms with Crippen LogP contribution in [0.5, 0.6) is 0 Å². The van der Waals surface area contributed by atoms with Gasteiger partial charge >= 0.3 is 0 Å². The van der Waals surface area contributed by atoms with Crippen molar-refractivity contribution >= 4 is 11.7 Å². The molecule has 2 aliphatic rings. The van der Waals surface area contributed by atoms with Crippen molar-refractivity contribution in [2.24, 2.45) is 0 Å². The number of rotatable bonds is 9. The molecule has 1 aromatic carbocycles. The summed E-state index contributed by atoms with van der Waals surface area (Å²) in [6.07, 6.45) is 7.43. The van der Waals surface area contributed by atoms with Crippen molar-refractivity contribution in [1.82, 2.24) is 24.7 Å². The average molecular weight is 469 g/mol. The number of aryl methyl sites for hydroxylation is 1. The van der Waals surface area contributed by atoms with E-state index in [0.29, 0.717) is 17.8 Å². The summed E-state index contributed by atoms with van der Waals surface area (Å²) in [5.41, 5.74) is 1.99. The summed E-state index contributed by atoms with van der Waals surface area (Å²) in [6, 6.07) is 5.87. The maximum absolute atomic E-state index is 13.9. The van der Waals surface area contributed by atoms with Crippen LogP contribution >= 0.6 is 0 Å². The predicted octanol–water partition coefficient (Wildman–Crippen LogP) is 3.05. The van der Waals surface area contributed by atoms with E-state index in [0.717, 1.165) is 63.2 Å². The average Bonchev–Trinajstić information content (AvgIpc) is 2.81. The summed E-state index contributed by atoms with van der Waals surface area (Å²) in [5, 5.41) is 0. The summed E-state index contributed by atoms with van der Waals surface area (Å²) in [6.45, 7) is 10.3. The molecular weight excluding hydrogens is 431 g/mol. The molecule has 2 fully saturated rings. The summed E-state index contributed by atoms with van der Waals surface area (Å²) in [7, 11) is 2.00. The van der Waals surface area contributed by atoms with E-state index in [4.69, 9.17) is 0 Å². The first-order valence-corrected chi connectivity index (χ1v) is 12.5. The molecule has 4 rings (SSSR count). The third-order valence-electron chi connectivity index (χ3n) is 7.23. The minimum atomic E-state index is -0.239. The van der Waals surface area contributed by atoms with Crippen LogP contribution in [0.2, 0.25) is 0 Å². The number of benzene rings is 1. The number of piperazine rings is 1. The van der Waals surface area contributed by atoms with Gasteiger partial charge in [0.1, 0.15) is 11.6 Å². The fraction of sp³-hybridized carbons (Fsp3) is 0.577. The lowest BCUT2D eigenvalue weighted by Crippen LogP contribution is -2.55. The molecule has 1 amide bonds. The van der Waals surface area contributed by atoms with Crippen LogP contribution < -0.4 is 4.90 Å². The molecule has 1 aliphatic heterocycles. The summed E-state index contributed by atoms with van der Waals surface area (Å²) in [4.78, 5) is 30.6. The van der Waals surface area contributed by atoms with Gasteiger partial charge < -0.3 is 9.80 Å². The molecule has 8 heteroatoms. The van der Waals surface area contributed by atoms with Gasteiger partial charge in [0.25, 0.3) is 0 Å². The Morgan fingerprint density at radius 1 is 1.12 bits per heavy atom. The molecule has 2 heterocycles.